The van der Waals surface area contributed by atoms with Gasteiger partial charge in [0.15, 0.2) is 0 Å². The molecule has 0 radical (unpaired) electrons. The van der Waals surface area contributed by atoms with Crippen LogP contribution < -0.4 is 10.9 Å². The lowest BCUT2D eigenvalue weighted by Gasteiger charge is -2.18. The minimum Gasteiger partial charge on any atom is -0.348 e. The van der Waals surface area contributed by atoms with Gasteiger partial charge in [0.2, 0.25) is 6.71 Å². The van der Waals surface area contributed by atoms with Crippen molar-refractivity contribution in [2.24, 2.45) is 0 Å². The Labute approximate surface area is 177 Å². The van der Waals surface area contributed by atoms with Gasteiger partial charge in [-0.05, 0) is 13.8 Å². The topological polar surface area (TPSA) is 28.7 Å². The van der Waals surface area contributed by atoms with Gasteiger partial charge >= 0.3 is 12.4 Å². The number of aromatic amines is 1. The molecule has 31 heavy (non-hydrogen) atoms. The fraction of sp³-hybridized carbons (Fsp3) is 0.227. The molecule has 0 saturated heterocycles. The van der Waals surface area contributed by atoms with E-state index in [-0.39, 0.29) is 10.9 Å². The Bertz CT molecular complexity index is 963. The molecule has 1 heterocycles. The number of aromatic nitrogens is 2. The van der Waals surface area contributed by atoms with Crippen LogP contribution in [0.3, 0.4) is 0 Å². The van der Waals surface area contributed by atoms with Crippen LogP contribution in [-0.2, 0) is 12.4 Å². The third-order valence-electron chi connectivity index (χ3n) is 4.67. The number of nitrogens with one attached hydrogen (secondary N) is 1. The zero-order valence-electron chi connectivity index (χ0n) is 17.2. The van der Waals surface area contributed by atoms with E-state index in [0.29, 0.717) is 5.47 Å². The van der Waals surface area contributed by atoms with Crippen molar-refractivity contribution in [1.29, 1.82) is 0 Å². The first-order valence-electron chi connectivity index (χ1n) is 9.27. The molecule has 2 aromatic carbocycles. The number of hydrogen-bond donors (Lipinski definition) is 1. The highest BCUT2D eigenvalue weighted by molar-refractivity contribution is 6.90. The summed E-state index contributed by atoms with van der Waals surface area (Å²) in [5.74, 6) is 0. The molecule has 0 fully saturated rings. The van der Waals surface area contributed by atoms with E-state index in [1.54, 1.807) is 13.3 Å². The normalized spacial score (nSPS) is 11.5. The molecule has 0 spiro atoms. The van der Waals surface area contributed by atoms with Crippen LogP contribution >= 0.6 is 0 Å². The van der Waals surface area contributed by atoms with Crippen molar-refractivity contribution in [2.45, 2.75) is 33.1 Å². The molecule has 164 valence electrons. The maximum absolute atomic E-state index is 12.9. The highest BCUT2D eigenvalue weighted by Crippen LogP contribution is 2.29. The van der Waals surface area contributed by atoms with Gasteiger partial charge in [-0.1, -0.05) is 66.4 Å². The number of nitrogens with zero attached hydrogens (tertiary/aromatic N) is 1. The molecule has 0 amide bonds. The van der Waals surface area contributed by atoms with Crippen molar-refractivity contribution < 1.29 is 26.3 Å². The number of aryl methyl sites for hydroxylation is 2. The lowest BCUT2D eigenvalue weighted by Crippen LogP contribution is -2.44. The lowest BCUT2D eigenvalue weighted by molar-refractivity contribution is -0.138. The number of hydrogen-bond acceptors (Lipinski definition) is 1. The SMILES string of the molecule is C=C(C)B(c1cccc(C(F)(F)F)c1)c1cccc(C(F)(F)F)c1.Cc1nc[nH]c1C. The summed E-state index contributed by atoms with van der Waals surface area (Å²) >= 11 is 0. The monoisotopic (exact) mass is 438 g/mol. The minimum absolute atomic E-state index is 0.247. The summed E-state index contributed by atoms with van der Waals surface area (Å²) in [6.07, 6.45) is -7.35. The van der Waals surface area contributed by atoms with Gasteiger partial charge < -0.3 is 4.98 Å². The van der Waals surface area contributed by atoms with Gasteiger partial charge in [0.1, 0.15) is 0 Å². The van der Waals surface area contributed by atoms with E-state index in [4.69, 9.17) is 0 Å². The summed E-state index contributed by atoms with van der Waals surface area (Å²) in [5.41, 5.74) is 1.48. The molecule has 2 nitrogen and oxygen atoms in total. The smallest absolute Gasteiger partial charge is 0.348 e. The quantitative estimate of drug-likeness (QED) is 0.426. The molecule has 3 rings (SSSR count). The van der Waals surface area contributed by atoms with E-state index < -0.39 is 30.2 Å². The predicted octanol–water partition coefficient (Wildman–Crippen LogP) is 5.48. The van der Waals surface area contributed by atoms with Crippen molar-refractivity contribution in [3.8, 4) is 0 Å². The summed E-state index contributed by atoms with van der Waals surface area (Å²) in [5, 5.41) is 0. The van der Waals surface area contributed by atoms with Crippen LogP contribution in [0.5, 0.6) is 0 Å². The molecule has 1 N–H and O–H groups in total. The Hall–Kier alpha value is -2.97. The highest BCUT2D eigenvalue weighted by Gasteiger charge is 2.33. The second-order valence-corrected chi connectivity index (χ2v) is 7.14. The number of H-pyrrole nitrogens is 1. The highest BCUT2D eigenvalue weighted by atomic mass is 19.4. The van der Waals surface area contributed by atoms with Gasteiger partial charge in [0.05, 0.1) is 23.1 Å². The summed E-state index contributed by atoms with van der Waals surface area (Å²) in [7, 11) is 0. The van der Waals surface area contributed by atoms with Crippen LogP contribution in [0.15, 0.2) is 66.9 Å². The standard InChI is InChI=1S/C17H13BF6.C5H8N2/c1-11(2)18(14-7-3-5-12(9-14)16(19,20)21)15-8-4-6-13(10-15)17(22,23)24;1-4-5(2)7-3-6-4/h3-10H,1H2,2H3;3H,1-2H3,(H,6,7). The Balaban J connectivity index is 0.000000412. The van der Waals surface area contributed by atoms with E-state index in [9.17, 15) is 26.3 Å². The number of imidazole rings is 1. The second kappa shape index (κ2) is 9.45. The average Bonchev–Trinajstić information content (AvgIpc) is 3.04. The maximum atomic E-state index is 12.9. The number of alkyl halides is 6. The van der Waals surface area contributed by atoms with Gasteiger partial charge in [-0.15, -0.1) is 12.1 Å². The van der Waals surface area contributed by atoms with E-state index in [1.807, 2.05) is 13.8 Å². The summed E-state index contributed by atoms with van der Waals surface area (Å²) in [4.78, 5) is 6.92. The van der Waals surface area contributed by atoms with Crippen LogP contribution in [-0.4, -0.2) is 16.7 Å². The maximum Gasteiger partial charge on any atom is 0.416 e. The molecule has 0 saturated carbocycles. The summed E-state index contributed by atoms with van der Waals surface area (Å²) in [6, 6.07) is 9.11. The molecule has 3 aromatic rings. The zero-order valence-corrected chi connectivity index (χ0v) is 17.2. The molecule has 0 unspecified atom stereocenters. The molecule has 0 aliphatic heterocycles. The number of rotatable bonds is 3. The second-order valence-electron chi connectivity index (χ2n) is 7.14. The van der Waals surface area contributed by atoms with Gasteiger partial charge in [0, 0.05) is 5.69 Å². The van der Waals surface area contributed by atoms with Gasteiger partial charge in [-0.2, -0.15) is 26.3 Å². The van der Waals surface area contributed by atoms with Gasteiger partial charge in [-0.25, -0.2) is 4.98 Å². The molecule has 9 heteroatoms. The van der Waals surface area contributed by atoms with Gasteiger partial charge in [0.25, 0.3) is 0 Å². The minimum atomic E-state index is -4.52. The van der Waals surface area contributed by atoms with Crippen molar-refractivity contribution in [2.75, 3.05) is 0 Å². The van der Waals surface area contributed by atoms with E-state index in [2.05, 4.69) is 16.5 Å². The Morgan fingerprint density at radius 2 is 1.32 bits per heavy atom. The number of benzene rings is 2. The number of allylic oxidation sites excluding steroid dienone is 1. The molecule has 0 bridgehead atoms. The fourth-order valence-corrected chi connectivity index (χ4v) is 2.98. The molecule has 1 aromatic heterocycles. The lowest BCUT2D eigenvalue weighted by atomic mass is 9.36. The third kappa shape index (κ3) is 6.51. The molecular weight excluding hydrogens is 417 g/mol. The van der Waals surface area contributed by atoms with Crippen LogP contribution in [0.1, 0.15) is 29.4 Å². The van der Waals surface area contributed by atoms with Crippen LogP contribution in [0.25, 0.3) is 0 Å². The summed E-state index contributed by atoms with van der Waals surface area (Å²) in [6.45, 7) is 8.53. The molecular formula is C22H21BF6N2. The van der Waals surface area contributed by atoms with Crippen LogP contribution in [0, 0.1) is 13.8 Å². The molecule has 0 aliphatic carbocycles. The Morgan fingerprint density at radius 3 is 1.58 bits per heavy atom. The largest absolute Gasteiger partial charge is 0.416 e. The molecule has 0 atom stereocenters. The molecule has 0 aliphatic rings. The van der Waals surface area contributed by atoms with Crippen molar-refractivity contribution >= 4 is 17.6 Å². The first-order valence-corrected chi connectivity index (χ1v) is 9.27. The van der Waals surface area contributed by atoms with Crippen molar-refractivity contribution in [3.63, 3.8) is 0 Å². The van der Waals surface area contributed by atoms with Crippen molar-refractivity contribution in [1.82, 2.24) is 9.97 Å². The first-order chi connectivity index (χ1) is 14.3. The Kier molecular flexibility index (Phi) is 7.41. The average molecular weight is 438 g/mol. The first kappa shape index (κ1) is 24.3. The van der Waals surface area contributed by atoms with E-state index in [1.165, 1.54) is 24.3 Å². The number of halogens is 6. The Morgan fingerprint density at radius 1 is 0.871 bits per heavy atom. The third-order valence-corrected chi connectivity index (χ3v) is 4.67. The predicted molar refractivity (Wildman–Crippen MR) is 111 cm³/mol. The summed E-state index contributed by atoms with van der Waals surface area (Å²) < 4.78 is 77.3. The van der Waals surface area contributed by atoms with E-state index >= 15 is 0 Å². The van der Waals surface area contributed by atoms with Crippen LogP contribution in [0.4, 0.5) is 26.3 Å². The van der Waals surface area contributed by atoms with Crippen LogP contribution in [0.2, 0.25) is 0 Å². The van der Waals surface area contributed by atoms with Crippen molar-refractivity contribution in [3.05, 3.63) is 89.4 Å². The fourth-order valence-electron chi connectivity index (χ4n) is 2.98. The van der Waals surface area contributed by atoms with E-state index in [0.717, 1.165) is 35.7 Å². The van der Waals surface area contributed by atoms with Gasteiger partial charge in [-0.3, -0.25) is 0 Å². The zero-order chi connectivity index (χ0) is 23.4.